The lowest BCUT2D eigenvalue weighted by Gasteiger charge is -2.29. The van der Waals surface area contributed by atoms with E-state index in [1.165, 1.54) is 0 Å². The lowest BCUT2D eigenvalue weighted by molar-refractivity contribution is 0.244. The molecule has 0 fully saturated rings. The second-order valence-electron chi connectivity index (χ2n) is 6.17. The molecule has 2 atom stereocenters. The SMILES string of the molecule is COc1ccc(C(Cl)CC(C)C(C)(C)C)c(OC)c1Br. The Bertz CT molecular complexity index is 455. The van der Waals surface area contributed by atoms with Crippen molar-refractivity contribution < 1.29 is 9.47 Å². The standard InChI is InChI=1S/C16H24BrClO2/c1-10(16(2,3)4)9-12(18)11-7-8-13(19-5)14(17)15(11)20-6/h7-8,10,12H,9H2,1-6H3. The Balaban J connectivity index is 3.04. The van der Waals surface area contributed by atoms with E-state index in [-0.39, 0.29) is 10.8 Å². The van der Waals surface area contributed by atoms with Crippen LogP contribution in [0.25, 0.3) is 0 Å². The second kappa shape index (κ2) is 7.04. The van der Waals surface area contributed by atoms with E-state index >= 15 is 0 Å². The van der Waals surface area contributed by atoms with Crippen molar-refractivity contribution in [3.63, 3.8) is 0 Å². The van der Waals surface area contributed by atoms with E-state index in [0.29, 0.717) is 5.92 Å². The van der Waals surface area contributed by atoms with Crippen LogP contribution in [0.3, 0.4) is 0 Å². The zero-order valence-electron chi connectivity index (χ0n) is 13.1. The number of ether oxygens (including phenoxy) is 2. The fourth-order valence-corrected chi connectivity index (χ4v) is 3.08. The monoisotopic (exact) mass is 362 g/mol. The number of alkyl halides is 1. The highest BCUT2D eigenvalue weighted by atomic mass is 79.9. The molecule has 1 rings (SSSR count). The fourth-order valence-electron chi connectivity index (χ4n) is 1.96. The Morgan fingerprint density at radius 2 is 1.80 bits per heavy atom. The maximum absolute atomic E-state index is 6.62. The molecule has 2 unspecified atom stereocenters. The van der Waals surface area contributed by atoms with Gasteiger partial charge in [-0.25, -0.2) is 0 Å². The highest BCUT2D eigenvalue weighted by Crippen LogP contribution is 2.44. The summed E-state index contributed by atoms with van der Waals surface area (Å²) in [6.45, 7) is 8.95. The van der Waals surface area contributed by atoms with Gasteiger partial charge in [0, 0.05) is 5.56 Å². The van der Waals surface area contributed by atoms with E-state index in [2.05, 4.69) is 43.6 Å². The van der Waals surface area contributed by atoms with Gasteiger partial charge in [-0.2, -0.15) is 0 Å². The molecule has 2 nitrogen and oxygen atoms in total. The molecule has 4 heteroatoms. The van der Waals surface area contributed by atoms with E-state index in [1.807, 2.05) is 12.1 Å². The summed E-state index contributed by atoms with van der Waals surface area (Å²) in [5.74, 6) is 2.01. The highest BCUT2D eigenvalue weighted by Gasteiger charge is 2.26. The molecular weight excluding hydrogens is 340 g/mol. The smallest absolute Gasteiger partial charge is 0.141 e. The number of hydrogen-bond acceptors (Lipinski definition) is 2. The molecule has 0 aliphatic heterocycles. The van der Waals surface area contributed by atoms with Crippen molar-refractivity contribution in [3.8, 4) is 11.5 Å². The molecule has 0 spiro atoms. The minimum Gasteiger partial charge on any atom is -0.495 e. The van der Waals surface area contributed by atoms with Gasteiger partial charge >= 0.3 is 0 Å². The Kier molecular flexibility index (Phi) is 6.21. The average Bonchev–Trinajstić information content (AvgIpc) is 2.36. The van der Waals surface area contributed by atoms with Gasteiger partial charge in [-0.3, -0.25) is 0 Å². The lowest BCUT2D eigenvalue weighted by Crippen LogP contribution is -2.18. The quantitative estimate of drug-likeness (QED) is 0.614. The van der Waals surface area contributed by atoms with E-state index in [0.717, 1.165) is 28.0 Å². The second-order valence-corrected chi connectivity index (χ2v) is 7.49. The van der Waals surface area contributed by atoms with E-state index in [4.69, 9.17) is 21.1 Å². The van der Waals surface area contributed by atoms with Crippen molar-refractivity contribution in [1.82, 2.24) is 0 Å². The molecule has 1 aromatic carbocycles. The third-order valence-corrected chi connectivity index (χ3v) is 5.06. The normalized spacial score (nSPS) is 14.8. The van der Waals surface area contributed by atoms with Crippen LogP contribution in [0.2, 0.25) is 0 Å². The van der Waals surface area contributed by atoms with Crippen LogP contribution in [0.1, 0.15) is 45.1 Å². The van der Waals surface area contributed by atoms with Gasteiger partial charge in [-0.15, -0.1) is 11.6 Å². The third-order valence-electron chi connectivity index (χ3n) is 3.89. The highest BCUT2D eigenvalue weighted by molar-refractivity contribution is 9.10. The molecule has 0 aromatic heterocycles. The van der Waals surface area contributed by atoms with Crippen molar-refractivity contribution in [2.45, 2.75) is 39.5 Å². The first-order valence-corrected chi connectivity index (χ1v) is 7.99. The van der Waals surface area contributed by atoms with Crippen molar-refractivity contribution >= 4 is 27.5 Å². The zero-order chi connectivity index (χ0) is 15.5. The fraction of sp³-hybridized carbons (Fsp3) is 0.625. The first kappa shape index (κ1) is 17.6. The number of hydrogen-bond donors (Lipinski definition) is 0. The van der Waals surface area contributed by atoms with Crippen LogP contribution in [0, 0.1) is 11.3 Å². The summed E-state index contributed by atoms with van der Waals surface area (Å²) in [4.78, 5) is 0. The largest absolute Gasteiger partial charge is 0.495 e. The molecule has 0 aliphatic rings. The van der Waals surface area contributed by atoms with E-state index in [9.17, 15) is 0 Å². The van der Waals surface area contributed by atoms with Crippen LogP contribution in [0.4, 0.5) is 0 Å². The third kappa shape index (κ3) is 4.05. The minimum absolute atomic E-state index is 0.0821. The molecule has 0 heterocycles. The summed E-state index contributed by atoms with van der Waals surface area (Å²) in [5.41, 5.74) is 1.24. The zero-order valence-corrected chi connectivity index (χ0v) is 15.4. The van der Waals surface area contributed by atoms with Gasteiger partial charge in [0.1, 0.15) is 16.0 Å². The van der Waals surface area contributed by atoms with Crippen molar-refractivity contribution in [2.75, 3.05) is 14.2 Å². The van der Waals surface area contributed by atoms with Gasteiger partial charge in [0.15, 0.2) is 0 Å². The van der Waals surface area contributed by atoms with E-state index in [1.54, 1.807) is 14.2 Å². The molecular formula is C16H24BrClO2. The van der Waals surface area contributed by atoms with Gasteiger partial charge < -0.3 is 9.47 Å². The molecule has 0 amide bonds. The summed E-state index contributed by atoms with van der Waals surface area (Å²) in [5, 5.41) is -0.0821. The Morgan fingerprint density at radius 3 is 2.25 bits per heavy atom. The van der Waals surface area contributed by atoms with Crippen molar-refractivity contribution in [2.24, 2.45) is 11.3 Å². The van der Waals surface area contributed by atoms with Crippen LogP contribution in [-0.2, 0) is 0 Å². The summed E-state index contributed by atoms with van der Waals surface area (Å²) in [6.07, 6.45) is 0.903. The summed E-state index contributed by atoms with van der Waals surface area (Å²) >= 11 is 10.1. The number of methoxy groups -OCH3 is 2. The topological polar surface area (TPSA) is 18.5 Å². The first-order valence-electron chi connectivity index (χ1n) is 6.76. The first-order chi connectivity index (χ1) is 9.22. The Morgan fingerprint density at radius 1 is 1.20 bits per heavy atom. The van der Waals surface area contributed by atoms with Crippen LogP contribution >= 0.6 is 27.5 Å². The van der Waals surface area contributed by atoms with Crippen LogP contribution in [0.5, 0.6) is 11.5 Å². The predicted octanol–water partition coefficient (Wildman–Crippen LogP) is 5.82. The maximum Gasteiger partial charge on any atom is 0.141 e. The predicted molar refractivity (Wildman–Crippen MR) is 89.1 cm³/mol. The Hall–Kier alpha value is -0.410. The lowest BCUT2D eigenvalue weighted by atomic mass is 9.79. The van der Waals surface area contributed by atoms with Crippen LogP contribution in [0.15, 0.2) is 16.6 Å². The molecule has 0 bridgehead atoms. The van der Waals surface area contributed by atoms with Gasteiger partial charge in [0.05, 0.1) is 19.6 Å². The molecule has 1 aromatic rings. The molecule has 0 saturated heterocycles. The molecule has 0 N–H and O–H groups in total. The van der Waals surface area contributed by atoms with Crippen LogP contribution in [-0.4, -0.2) is 14.2 Å². The maximum atomic E-state index is 6.62. The summed E-state index contributed by atoms with van der Waals surface area (Å²) in [7, 11) is 3.29. The number of rotatable bonds is 5. The summed E-state index contributed by atoms with van der Waals surface area (Å²) in [6, 6.07) is 3.90. The average molecular weight is 364 g/mol. The van der Waals surface area contributed by atoms with Gasteiger partial charge in [0.2, 0.25) is 0 Å². The number of halogens is 2. The molecule has 114 valence electrons. The van der Waals surface area contributed by atoms with Crippen molar-refractivity contribution in [1.29, 1.82) is 0 Å². The number of benzene rings is 1. The van der Waals surface area contributed by atoms with E-state index < -0.39 is 0 Å². The van der Waals surface area contributed by atoms with Gasteiger partial charge in [-0.05, 0) is 39.8 Å². The minimum atomic E-state index is -0.0821. The molecule has 0 saturated carbocycles. The summed E-state index contributed by atoms with van der Waals surface area (Å²) < 4.78 is 11.6. The van der Waals surface area contributed by atoms with Gasteiger partial charge in [0.25, 0.3) is 0 Å². The Labute approximate surface area is 135 Å². The van der Waals surface area contributed by atoms with Crippen molar-refractivity contribution in [3.05, 3.63) is 22.2 Å². The molecule has 0 aliphatic carbocycles. The molecule has 0 radical (unpaired) electrons. The molecule has 20 heavy (non-hydrogen) atoms. The van der Waals surface area contributed by atoms with Gasteiger partial charge in [-0.1, -0.05) is 33.8 Å². The van der Waals surface area contributed by atoms with Crippen LogP contribution < -0.4 is 9.47 Å².